The summed E-state index contributed by atoms with van der Waals surface area (Å²) in [6, 6.07) is 5.45. The first kappa shape index (κ1) is 48.4. The number of rotatable bonds is 14. The summed E-state index contributed by atoms with van der Waals surface area (Å²) < 4.78 is 63.5. The summed E-state index contributed by atoms with van der Waals surface area (Å²) in [5.41, 5.74) is 21.1. The van der Waals surface area contributed by atoms with E-state index < -0.39 is 70.2 Å². The van der Waals surface area contributed by atoms with Crippen LogP contribution in [0, 0.1) is 11.8 Å². The summed E-state index contributed by atoms with van der Waals surface area (Å²) in [5, 5.41) is 41.4. The third kappa shape index (κ3) is 12.7. The fourth-order valence-electron chi connectivity index (χ4n) is 5.61. The summed E-state index contributed by atoms with van der Waals surface area (Å²) >= 11 is 0. The van der Waals surface area contributed by atoms with Crippen LogP contribution in [-0.4, -0.2) is 92.3 Å². The Morgan fingerprint density at radius 1 is 0.607 bits per heavy atom. The Balaban J connectivity index is 0.000000949. The van der Waals surface area contributed by atoms with Crippen molar-refractivity contribution < 1.29 is 75.5 Å². The third-order valence-electron chi connectivity index (χ3n) is 8.06. The van der Waals surface area contributed by atoms with Gasteiger partial charge in [-0.3, -0.25) is 19.2 Å². The molecule has 312 valence electrons. The minimum Gasteiger partial charge on any atom is -0.507 e. The summed E-state index contributed by atoms with van der Waals surface area (Å²) in [4.78, 5) is 69.6. The van der Waals surface area contributed by atoms with Crippen LogP contribution in [0.5, 0.6) is 11.5 Å². The number of nitrogens with one attached hydrogen (secondary N) is 2. The van der Waals surface area contributed by atoms with Gasteiger partial charge in [-0.05, 0) is 61.8 Å². The molecule has 0 aliphatic heterocycles. The first-order valence-corrected chi connectivity index (χ1v) is 16.5. The zero-order valence-electron chi connectivity index (χ0n) is 30.5. The summed E-state index contributed by atoms with van der Waals surface area (Å²) in [5.74, 6) is -8.87. The predicted molar refractivity (Wildman–Crippen MR) is 188 cm³/mol. The van der Waals surface area contributed by atoms with Gasteiger partial charge in [-0.1, -0.05) is 27.7 Å². The zero-order chi connectivity index (χ0) is 43.7. The molecule has 16 nitrogen and oxygen atoms in total. The highest BCUT2D eigenvalue weighted by Gasteiger charge is 2.40. The van der Waals surface area contributed by atoms with Crippen molar-refractivity contribution in [3.8, 4) is 11.5 Å². The van der Waals surface area contributed by atoms with Crippen molar-refractivity contribution in [2.24, 2.45) is 34.8 Å². The molecule has 0 spiro atoms. The van der Waals surface area contributed by atoms with Crippen molar-refractivity contribution in [3.63, 3.8) is 0 Å². The molecule has 0 saturated heterocycles. The maximum Gasteiger partial charge on any atom is 0.490 e. The van der Waals surface area contributed by atoms with E-state index in [1.165, 1.54) is 0 Å². The number of carboxylic acids is 2. The zero-order valence-corrected chi connectivity index (χ0v) is 30.5. The lowest BCUT2D eigenvalue weighted by Crippen LogP contribution is -2.53. The van der Waals surface area contributed by atoms with E-state index in [0.29, 0.717) is 12.8 Å². The van der Waals surface area contributed by atoms with E-state index in [-0.39, 0.29) is 71.4 Å². The van der Waals surface area contributed by atoms with E-state index in [1.807, 2.05) is 27.7 Å². The summed E-state index contributed by atoms with van der Waals surface area (Å²) in [7, 11) is 0. The fraction of sp³-hybridized carbons (Fsp3) is 0.471. The lowest BCUT2D eigenvalue weighted by atomic mass is 9.81. The second-order valence-corrected chi connectivity index (χ2v) is 13.6. The largest absolute Gasteiger partial charge is 0.507 e. The number of ketones is 2. The van der Waals surface area contributed by atoms with Gasteiger partial charge in [0.05, 0.1) is 33.3 Å². The number of hydrogen-bond acceptors (Lipinski definition) is 12. The van der Waals surface area contributed by atoms with Gasteiger partial charge in [-0.2, -0.15) is 26.3 Å². The van der Waals surface area contributed by atoms with Crippen LogP contribution in [0.25, 0.3) is 0 Å². The third-order valence-corrected chi connectivity index (χ3v) is 8.06. The molecule has 0 radical (unpaired) electrons. The first-order chi connectivity index (χ1) is 25.4. The summed E-state index contributed by atoms with van der Waals surface area (Å²) in [6.45, 7) is 7.98. The Morgan fingerprint density at radius 3 is 1.09 bits per heavy atom. The number of anilines is 2. The van der Waals surface area contributed by atoms with Crippen LogP contribution in [0.4, 0.5) is 37.7 Å². The van der Waals surface area contributed by atoms with Crippen LogP contribution in [0.15, 0.2) is 24.3 Å². The molecule has 1 aliphatic carbocycles. The molecule has 3 rings (SSSR count). The van der Waals surface area contributed by atoms with Crippen molar-refractivity contribution in [3.05, 3.63) is 46.5 Å². The standard InChI is InChI=1S/C30H42N6O6.2C2HF3O2/c1-15(2)13-29(33,27(31)41)9-11-35-17-5-6-18(36-12-10-30(34,28(32)42)14-16(3)4)22-21(17)25(39)23-19(37)7-8-20(38)24(23)26(22)40;2*3-2(4,5)1(6)7/h5-8,15-16,35-38H,9-14,33-34H2,1-4H3,(H2,31,41)(H2,32,42);2*(H,6,7). The number of carbonyl (C=O) groups excluding carboxylic acids is 4. The van der Waals surface area contributed by atoms with Gasteiger partial charge in [0.25, 0.3) is 0 Å². The van der Waals surface area contributed by atoms with Crippen LogP contribution in [0.1, 0.15) is 85.2 Å². The van der Waals surface area contributed by atoms with Crippen molar-refractivity contribution in [2.45, 2.75) is 76.8 Å². The van der Waals surface area contributed by atoms with E-state index >= 15 is 0 Å². The molecule has 0 aromatic heterocycles. The minimum atomic E-state index is -5.08. The number of alkyl halides is 6. The van der Waals surface area contributed by atoms with Gasteiger partial charge in [0.2, 0.25) is 23.4 Å². The molecule has 56 heavy (non-hydrogen) atoms. The Labute approximate surface area is 315 Å². The van der Waals surface area contributed by atoms with Crippen molar-refractivity contribution >= 4 is 46.7 Å². The second kappa shape index (κ2) is 18.8. The van der Waals surface area contributed by atoms with Gasteiger partial charge in [-0.15, -0.1) is 0 Å². The lowest BCUT2D eigenvalue weighted by molar-refractivity contribution is -0.193. The van der Waals surface area contributed by atoms with Gasteiger partial charge in [0, 0.05) is 24.5 Å². The van der Waals surface area contributed by atoms with Crippen LogP contribution in [0.3, 0.4) is 0 Å². The molecule has 2 aromatic carbocycles. The molecule has 22 heteroatoms. The van der Waals surface area contributed by atoms with Crippen molar-refractivity contribution in [1.82, 2.24) is 0 Å². The average molecular weight is 811 g/mol. The molecule has 14 N–H and O–H groups in total. The highest BCUT2D eigenvalue weighted by Crippen LogP contribution is 2.42. The highest BCUT2D eigenvalue weighted by atomic mass is 19.4. The number of hydrogen-bond donors (Lipinski definition) is 10. The number of benzene rings is 2. The van der Waals surface area contributed by atoms with Gasteiger partial charge >= 0.3 is 24.3 Å². The van der Waals surface area contributed by atoms with E-state index in [4.69, 9.17) is 42.7 Å². The SMILES string of the molecule is CC(C)CC(N)(CCNc1ccc(NCCC(N)(CC(C)C)C(N)=O)c2c1C(=O)c1c(O)ccc(O)c1C2=O)C(N)=O.O=C(O)C(F)(F)F.O=C(O)C(F)(F)F. The second-order valence-electron chi connectivity index (χ2n) is 13.6. The molecule has 0 bridgehead atoms. The van der Waals surface area contributed by atoms with Crippen LogP contribution in [-0.2, 0) is 19.2 Å². The van der Waals surface area contributed by atoms with Gasteiger partial charge in [-0.25, -0.2) is 9.59 Å². The van der Waals surface area contributed by atoms with E-state index in [1.54, 1.807) is 12.1 Å². The molecule has 0 fully saturated rings. The Morgan fingerprint density at radius 2 is 0.875 bits per heavy atom. The smallest absolute Gasteiger partial charge is 0.490 e. The normalized spacial score (nSPS) is 14.5. The monoisotopic (exact) mass is 810 g/mol. The Hall–Kier alpha value is -5.64. The molecule has 2 aromatic rings. The quantitative estimate of drug-likeness (QED) is 0.0826. The fourth-order valence-corrected chi connectivity index (χ4v) is 5.61. The maximum atomic E-state index is 13.8. The molecule has 1 aliphatic rings. The Bertz CT molecular complexity index is 1690. The van der Waals surface area contributed by atoms with Gasteiger partial charge in [0.15, 0.2) is 0 Å². The molecule has 2 amide bonds. The van der Waals surface area contributed by atoms with E-state index in [2.05, 4.69) is 10.6 Å². The lowest BCUT2D eigenvalue weighted by Gasteiger charge is -2.30. The van der Waals surface area contributed by atoms with Crippen LogP contribution in [0.2, 0.25) is 0 Å². The average Bonchev–Trinajstić information content (AvgIpc) is 3.03. The molecular formula is C34H44F6N6O10. The molecule has 2 unspecified atom stereocenters. The maximum absolute atomic E-state index is 13.8. The Kier molecular flexibility index (Phi) is 16.2. The van der Waals surface area contributed by atoms with Gasteiger partial charge in [0.1, 0.15) is 11.5 Å². The van der Waals surface area contributed by atoms with Crippen molar-refractivity contribution in [2.75, 3.05) is 23.7 Å². The minimum absolute atomic E-state index is 0.0277. The number of phenolic OH excluding ortho intramolecular Hbond substituents is 2. The molecule has 2 atom stereocenters. The summed E-state index contributed by atoms with van der Waals surface area (Å²) in [6.07, 6.45) is -9.15. The van der Waals surface area contributed by atoms with Gasteiger partial charge < -0.3 is 54.0 Å². The number of fused-ring (bicyclic) bond motifs is 2. The topological polar surface area (TPSA) is 311 Å². The van der Waals surface area contributed by atoms with E-state index in [0.717, 1.165) is 12.1 Å². The number of carbonyl (C=O) groups is 6. The number of nitrogens with two attached hydrogens (primary N) is 4. The van der Waals surface area contributed by atoms with E-state index in [9.17, 15) is 55.7 Å². The molecule has 0 saturated carbocycles. The van der Waals surface area contributed by atoms with Crippen molar-refractivity contribution in [1.29, 1.82) is 0 Å². The number of carboxylic acid groups (broad SMARTS) is 2. The number of amides is 2. The number of halogens is 6. The van der Waals surface area contributed by atoms with Crippen LogP contribution >= 0.6 is 0 Å². The number of phenols is 2. The number of aromatic hydroxyl groups is 2. The number of aliphatic carboxylic acids is 2. The highest BCUT2D eigenvalue weighted by molar-refractivity contribution is 6.33. The number of primary amides is 2. The first-order valence-electron chi connectivity index (χ1n) is 16.5. The molecule has 0 heterocycles. The molecular weight excluding hydrogens is 766 g/mol. The predicted octanol–water partition coefficient (Wildman–Crippen LogP) is 3.20. The van der Waals surface area contributed by atoms with Crippen LogP contribution < -0.4 is 33.6 Å².